The number of nitrogens with two attached hydrogens (primary N) is 1. The van der Waals surface area contributed by atoms with Gasteiger partial charge in [0.05, 0.1) is 25.2 Å². The second kappa shape index (κ2) is 9.09. The van der Waals surface area contributed by atoms with Gasteiger partial charge in [0.1, 0.15) is 47.0 Å². The van der Waals surface area contributed by atoms with Gasteiger partial charge >= 0.3 is 5.97 Å². The summed E-state index contributed by atoms with van der Waals surface area (Å²) in [5.41, 5.74) is 6.15. The second-order valence-corrected chi connectivity index (χ2v) is 6.38. The average molecular weight is 410 g/mol. The van der Waals surface area contributed by atoms with E-state index in [-0.39, 0.29) is 36.0 Å². The summed E-state index contributed by atoms with van der Waals surface area (Å²) in [6, 6.07) is 12.6. The van der Waals surface area contributed by atoms with Crippen LogP contribution in [0.2, 0.25) is 0 Å². The molecule has 1 unspecified atom stereocenters. The summed E-state index contributed by atoms with van der Waals surface area (Å²) in [5.74, 6) is 1.04. The number of carbonyl (C=O) groups excluding carboxylic acids is 1. The maximum atomic E-state index is 12.5. The third-order valence-electron chi connectivity index (χ3n) is 4.51. The number of nitrogens with zero attached hydrogens (tertiary/aromatic N) is 1. The second-order valence-electron chi connectivity index (χ2n) is 6.38. The van der Waals surface area contributed by atoms with Crippen molar-refractivity contribution in [3.05, 3.63) is 70.7 Å². The van der Waals surface area contributed by atoms with Crippen LogP contribution in [-0.2, 0) is 20.9 Å². The molecular weight excluding hydrogens is 388 g/mol. The standard InChI is InChI=1S/C22H22N2O6/c1-4-27-22(25)19-13(2)29-21(24)17(11-23)20(19)18-10-9-16(30-18)12-28-15-7-5-14(26-3)6-8-15/h5-10,20H,4,12,24H2,1-3H3. The van der Waals surface area contributed by atoms with Gasteiger partial charge in [0, 0.05) is 0 Å². The highest BCUT2D eigenvalue weighted by Gasteiger charge is 2.38. The Bertz CT molecular complexity index is 1030. The van der Waals surface area contributed by atoms with Crippen molar-refractivity contribution in [2.75, 3.05) is 13.7 Å². The molecule has 1 aliphatic rings. The van der Waals surface area contributed by atoms with Crippen LogP contribution >= 0.6 is 0 Å². The van der Waals surface area contributed by atoms with Gasteiger partial charge in [0.15, 0.2) is 0 Å². The number of benzene rings is 1. The van der Waals surface area contributed by atoms with Gasteiger partial charge in [-0.05, 0) is 50.2 Å². The van der Waals surface area contributed by atoms with Crippen LogP contribution in [0.4, 0.5) is 0 Å². The summed E-state index contributed by atoms with van der Waals surface area (Å²) in [6.45, 7) is 3.64. The molecule has 0 fully saturated rings. The van der Waals surface area contributed by atoms with Gasteiger partial charge in [-0.25, -0.2) is 4.79 Å². The SMILES string of the molecule is CCOC(=O)C1=C(C)OC(N)=C(C#N)C1c1ccc(COc2ccc(OC)cc2)o1. The Kier molecular flexibility index (Phi) is 6.32. The van der Waals surface area contributed by atoms with Crippen LogP contribution in [0.1, 0.15) is 31.3 Å². The largest absolute Gasteiger partial charge is 0.497 e. The number of nitriles is 1. The summed E-state index contributed by atoms with van der Waals surface area (Å²) in [4.78, 5) is 12.5. The van der Waals surface area contributed by atoms with Crippen molar-refractivity contribution in [1.29, 1.82) is 5.26 Å². The van der Waals surface area contributed by atoms with Crippen molar-refractivity contribution >= 4 is 5.97 Å². The minimum absolute atomic E-state index is 0.0690. The van der Waals surface area contributed by atoms with E-state index in [1.165, 1.54) is 0 Å². The maximum absolute atomic E-state index is 12.5. The van der Waals surface area contributed by atoms with Gasteiger partial charge in [0.2, 0.25) is 5.88 Å². The Labute approximate surface area is 174 Å². The van der Waals surface area contributed by atoms with Crippen LogP contribution in [0.15, 0.2) is 63.6 Å². The molecule has 2 N–H and O–H groups in total. The first-order chi connectivity index (χ1) is 14.5. The van der Waals surface area contributed by atoms with E-state index in [4.69, 9.17) is 29.1 Å². The van der Waals surface area contributed by atoms with Gasteiger partial charge in [0.25, 0.3) is 0 Å². The Hall–Kier alpha value is -3.86. The number of esters is 1. The predicted molar refractivity (Wildman–Crippen MR) is 106 cm³/mol. The third kappa shape index (κ3) is 4.25. The molecule has 3 rings (SSSR count). The van der Waals surface area contributed by atoms with Crippen LogP contribution in [-0.4, -0.2) is 19.7 Å². The fraction of sp³-hybridized carbons (Fsp3) is 0.273. The van der Waals surface area contributed by atoms with E-state index in [0.29, 0.717) is 17.3 Å². The Morgan fingerprint density at radius 2 is 1.90 bits per heavy atom. The first-order valence-corrected chi connectivity index (χ1v) is 9.29. The molecule has 0 amide bonds. The zero-order chi connectivity index (χ0) is 21.7. The highest BCUT2D eigenvalue weighted by molar-refractivity contribution is 5.92. The lowest BCUT2D eigenvalue weighted by Crippen LogP contribution is -2.25. The minimum Gasteiger partial charge on any atom is -0.497 e. The number of furan rings is 1. The van der Waals surface area contributed by atoms with Crippen LogP contribution in [0.5, 0.6) is 11.5 Å². The number of ether oxygens (including phenoxy) is 4. The molecule has 0 saturated carbocycles. The average Bonchev–Trinajstić information content (AvgIpc) is 3.21. The lowest BCUT2D eigenvalue weighted by molar-refractivity contribution is -0.139. The van der Waals surface area contributed by atoms with Crippen LogP contribution in [0, 0.1) is 11.3 Å². The zero-order valence-corrected chi connectivity index (χ0v) is 16.9. The van der Waals surface area contributed by atoms with Crippen LogP contribution in [0.25, 0.3) is 0 Å². The van der Waals surface area contributed by atoms with Gasteiger partial charge < -0.3 is 29.1 Å². The molecule has 1 aliphatic heterocycles. The maximum Gasteiger partial charge on any atom is 0.338 e. The molecule has 8 heteroatoms. The number of hydrogen-bond acceptors (Lipinski definition) is 8. The Morgan fingerprint density at radius 3 is 2.53 bits per heavy atom. The van der Waals surface area contributed by atoms with Crippen LogP contribution < -0.4 is 15.2 Å². The smallest absolute Gasteiger partial charge is 0.338 e. The van der Waals surface area contributed by atoms with Gasteiger partial charge in [-0.3, -0.25) is 0 Å². The molecule has 0 bridgehead atoms. The quantitative estimate of drug-likeness (QED) is 0.689. The fourth-order valence-electron chi connectivity index (χ4n) is 3.09. The van der Waals surface area contributed by atoms with E-state index in [1.807, 2.05) is 6.07 Å². The van der Waals surface area contributed by atoms with Crippen molar-refractivity contribution in [1.82, 2.24) is 0 Å². The summed E-state index contributed by atoms with van der Waals surface area (Å²) < 4.78 is 27.3. The molecule has 0 saturated heterocycles. The molecule has 0 aliphatic carbocycles. The number of allylic oxidation sites excluding steroid dienone is 2. The number of methoxy groups -OCH3 is 1. The molecule has 2 heterocycles. The summed E-state index contributed by atoms with van der Waals surface area (Å²) in [5, 5.41) is 9.59. The van der Waals surface area contributed by atoms with Crippen molar-refractivity contribution in [2.45, 2.75) is 26.4 Å². The van der Waals surface area contributed by atoms with Gasteiger partial charge in [-0.2, -0.15) is 5.26 Å². The topological polar surface area (TPSA) is 117 Å². The number of carbonyl (C=O) groups is 1. The van der Waals surface area contributed by atoms with E-state index >= 15 is 0 Å². The summed E-state index contributed by atoms with van der Waals surface area (Å²) in [6.07, 6.45) is 0. The Morgan fingerprint density at radius 1 is 1.20 bits per heavy atom. The molecule has 8 nitrogen and oxygen atoms in total. The van der Waals surface area contributed by atoms with Crippen LogP contribution in [0.3, 0.4) is 0 Å². The van der Waals surface area contributed by atoms with Crippen molar-refractivity contribution < 1.29 is 28.2 Å². The predicted octanol–water partition coefficient (Wildman–Crippen LogP) is 3.51. The Balaban J connectivity index is 1.85. The van der Waals surface area contributed by atoms with E-state index < -0.39 is 11.9 Å². The zero-order valence-electron chi connectivity index (χ0n) is 16.9. The number of rotatable bonds is 7. The first-order valence-electron chi connectivity index (χ1n) is 9.29. The van der Waals surface area contributed by atoms with Gasteiger partial charge in [-0.15, -0.1) is 0 Å². The monoisotopic (exact) mass is 410 g/mol. The summed E-state index contributed by atoms with van der Waals surface area (Å²) in [7, 11) is 1.59. The normalized spacial score (nSPS) is 16.0. The molecule has 0 radical (unpaired) electrons. The minimum atomic E-state index is -0.822. The summed E-state index contributed by atoms with van der Waals surface area (Å²) >= 11 is 0. The molecular formula is C22H22N2O6. The van der Waals surface area contributed by atoms with Crippen molar-refractivity contribution in [3.8, 4) is 17.6 Å². The van der Waals surface area contributed by atoms with E-state index in [2.05, 4.69) is 0 Å². The van der Waals surface area contributed by atoms with Crippen molar-refractivity contribution in [2.24, 2.45) is 5.73 Å². The lowest BCUT2D eigenvalue weighted by Gasteiger charge is -2.25. The highest BCUT2D eigenvalue weighted by atomic mass is 16.5. The van der Waals surface area contributed by atoms with E-state index in [9.17, 15) is 10.1 Å². The molecule has 2 aromatic rings. The van der Waals surface area contributed by atoms with E-state index in [0.717, 1.165) is 5.75 Å². The fourth-order valence-corrected chi connectivity index (χ4v) is 3.09. The molecule has 1 atom stereocenters. The molecule has 0 spiro atoms. The molecule has 1 aromatic heterocycles. The van der Waals surface area contributed by atoms with Gasteiger partial charge in [-0.1, -0.05) is 0 Å². The van der Waals surface area contributed by atoms with E-state index in [1.54, 1.807) is 57.4 Å². The highest BCUT2D eigenvalue weighted by Crippen LogP contribution is 2.40. The van der Waals surface area contributed by atoms with Crippen molar-refractivity contribution in [3.63, 3.8) is 0 Å². The molecule has 30 heavy (non-hydrogen) atoms. The first kappa shape index (κ1) is 20.9. The molecule has 1 aromatic carbocycles. The number of hydrogen-bond donors (Lipinski definition) is 1. The third-order valence-corrected chi connectivity index (χ3v) is 4.51. The lowest BCUT2D eigenvalue weighted by atomic mass is 9.87. The molecule has 156 valence electrons.